The highest BCUT2D eigenvalue weighted by molar-refractivity contribution is 6.30. The van der Waals surface area contributed by atoms with E-state index in [-0.39, 0.29) is 16.9 Å². The van der Waals surface area contributed by atoms with E-state index in [1.165, 1.54) is 23.1 Å². The maximum absolute atomic E-state index is 14.3. The highest BCUT2D eigenvalue weighted by atomic mass is 35.5. The molecular weight excluding hydrogens is 398 g/mol. The Bertz CT molecular complexity index is 1270. The molecule has 0 fully saturated rings. The molecule has 0 bridgehead atoms. The van der Waals surface area contributed by atoms with Crippen molar-refractivity contribution < 1.29 is 13.2 Å². The number of hydrogen-bond acceptors (Lipinski definition) is 3. The van der Waals surface area contributed by atoms with Crippen LogP contribution in [-0.2, 0) is 0 Å². The molecule has 4 aromatic rings. The van der Waals surface area contributed by atoms with Gasteiger partial charge in [0.25, 0.3) is 5.56 Å². The number of nitrogens with zero attached hydrogens (tertiary/aromatic N) is 2. The molecule has 4 nitrogen and oxygen atoms in total. The molecule has 0 aliphatic heterocycles. The minimum absolute atomic E-state index is 0.0792. The third-order valence-electron chi connectivity index (χ3n) is 4.62. The fourth-order valence-corrected chi connectivity index (χ4v) is 3.73. The molecule has 7 heteroatoms. The van der Waals surface area contributed by atoms with Crippen LogP contribution in [0.4, 0.5) is 8.78 Å². The van der Waals surface area contributed by atoms with Gasteiger partial charge >= 0.3 is 0 Å². The summed E-state index contributed by atoms with van der Waals surface area (Å²) in [5, 5.41) is 0.582. The van der Waals surface area contributed by atoms with Crippen molar-refractivity contribution in [2.75, 3.05) is 0 Å². The van der Waals surface area contributed by atoms with E-state index in [4.69, 9.17) is 16.0 Å². The van der Waals surface area contributed by atoms with Gasteiger partial charge in [0.05, 0.1) is 11.3 Å². The van der Waals surface area contributed by atoms with E-state index in [9.17, 15) is 13.6 Å². The van der Waals surface area contributed by atoms with Crippen molar-refractivity contribution in [3.63, 3.8) is 0 Å². The molecule has 2 aromatic carbocycles. The summed E-state index contributed by atoms with van der Waals surface area (Å²) < 4.78 is 34.4. The van der Waals surface area contributed by atoms with Crippen LogP contribution in [-0.4, -0.2) is 9.55 Å². The summed E-state index contributed by atoms with van der Waals surface area (Å²) in [7, 11) is 0. The second-order valence-electron chi connectivity index (χ2n) is 6.67. The molecule has 4 rings (SSSR count). The molecule has 0 aliphatic carbocycles. The summed E-state index contributed by atoms with van der Waals surface area (Å²) in [6, 6.07) is 9.76. The maximum Gasteiger partial charge on any atom is 0.255 e. The summed E-state index contributed by atoms with van der Waals surface area (Å²) in [6.07, 6.45) is 2.80. The van der Waals surface area contributed by atoms with Crippen LogP contribution in [0.3, 0.4) is 0 Å². The van der Waals surface area contributed by atoms with Gasteiger partial charge < -0.3 is 4.42 Å². The third kappa shape index (κ3) is 3.47. The van der Waals surface area contributed by atoms with E-state index >= 15 is 0 Å². The van der Waals surface area contributed by atoms with Gasteiger partial charge in [0.1, 0.15) is 17.3 Å². The van der Waals surface area contributed by atoms with Gasteiger partial charge in [-0.15, -0.1) is 0 Å². The van der Waals surface area contributed by atoms with Gasteiger partial charge in [-0.2, -0.15) is 0 Å². The Hall–Kier alpha value is -3.25. The fourth-order valence-electron chi connectivity index (χ4n) is 3.40. The lowest BCUT2D eigenvalue weighted by atomic mass is 10.1. The van der Waals surface area contributed by atoms with E-state index in [0.717, 1.165) is 23.3 Å². The van der Waals surface area contributed by atoms with Gasteiger partial charge in [-0.25, -0.2) is 13.8 Å². The van der Waals surface area contributed by atoms with Gasteiger partial charge in [-0.3, -0.25) is 9.36 Å². The summed E-state index contributed by atoms with van der Waals surface area (Å²) in [5.41, 5.74) is 3.10. The summed E-state index contributed by atoms with van der Waals surface area (Å²) in [4.78, 5) is 16.7. The lowest BCUT2D eigenvalue weighted by molar-refractivity contribution is 0.555. The maximum atomic E-state index is 14.3. The summed E-state index contributed by atoms with van der Waals surface area (Å²) in [6.45, 7) is 3.73. The molecule has 2 heterocycles. The van der Waals surface area contributed by atoms with Gasteiger partial charge in [-0.1, -0.05) is 11.6 Å². The minimum atomic E-state index is -0.763. The molecule has 0 spiro atoms. The van der Waals surface area contributed by atoms with Crippen LogP contribution in [0, 0.1) is 25.5 Å². The zero-order chi connectivity index (χ0) is 20.7. The van der Waals surface area contributed by atoms with E-state index in [2.05, 4.69) is 4.98 Å². The monoisotopic (exact) mass is 412 g/mol. The fraction of sp³-hybridized carbons (Fsp3) is 0.0909. The van der Waals surface area contributed by atoms with Crippen LogP contribution in [0.1, 0.15) is 11.1 Å². The lowest BCUT2D eigenvalue weighted by Gasteiger charge is -2.14. The number of halogens is 3. The summed E-state index contributed by atoms with van der Waals surface area (Å²) >= 11 is 6.10. The Morgan fingerprint density at radius 3 is 2.45 bits per heavy atom. The van der Waals surface area contributed by atoms with Crippen molar-refractivity contribution in [2.45, 2.75) is 13.8 Å². The van der Waals surface area contributed by atoms with Crippen molar-refractivity contribution in [3.05, 3.63) is 93.2 Å². The average Bonchev–Trinajstić information content (AvgIpc) is 3.12. The number of aryl methyl sites for hydroxylation is 2. The number of oxazole rings is 1. The quantitative estimate of drug-likeness (QED) is 0.433. The third-order valence-corrected chi connectivity index (χ3v) is 4.84. The molecule has 0 atom stereocenters. The Kier molecular flexibility index (Phi) is 4.80. The Labute approximate surface area is 170 Å². The first-order chi connectivity index (χ1) is 13.8. The minimum Gasteiger partial charge on any atom is -0.443 e. The number of pyridine rings is 1. The molecule has 0 unspecified atom stereocenters. The van der Waals surface area contributed by atoms with Gasteiger partial charge in [0, 0.05) is 28.9 Å². The molecule has 0 saturated carbocycles. The second kappa shape index (κ2) is 7.29. The number of aromatic nitrogens is 2. The zero-order valence-electron chi connectivity index (χ0n) is 15.5. The van der Waals surface area contributed by atoms with Crippen LogP contribution in [0.2, 0.25) is 5.02 Å². The standard InChI is InChI=1S/C22H15ClF2N2O2/c1-12-7-15(23)8-13(2)21(12)27-10-14(3-6-19(27)28)20-22(29-11-26-20)17-5-4-16(24)9-18(17)25/h3-11H,1-2H3. The number of hydrogen-bond donors (Lipinski definition) is 0. The van der Waals surface area contributed by atoms with Crippen LogP contribution < -0.4 is 5.56 Å². The Morgan fingerprint density at radius 1 is 1.03 bits per heavy atom. The largest absolute Gasteiger partial charge is 0.443 e. The molecule has 146 valence electrons. The Balaban J connectivity index is 1.89. The lowest BCUT2D eigenvalue weighted by Crippen LogP contribution is -2.18. The average molecular weight is 413 g/mol. The first-order valence-corrected chi connectivity index (χ1v) is 9.12. The summed E-state index contributed by atoms with van der Waals surface area (Å²) in [5.74, 6) is -1.30. The highest BCUT2D eigenvalue weighted by Crippen LogP contribution is 2.33. The highest BCUT2D eigenvalue weighted by Gasteiger charge is 2.18. The molecule has 2 aromatic heterocycles. The van der Waals surface area contributed by atoms with Gasteiger partial charge in [0.2, 0.25) is 0 Å². The number of rotatable bonds is 3. The van der Waals surface area contributed by atoms with E-state index in [0.29, 0.717) is 22.0 Å². The van der Waals surface area contributed by atoms with Crippen molar-refractivity contribution in [1.82, 2.24) is 9.55 Å². The predicted octanol–water partition coefficient (Wildman–Crippen LogP) is 5.71. The van der Waals surface area contributed by atoms with E-state index in [1.807, 2.05) is 13.8 Å². The van der Waals surface area contributed by atoms with E-state index in [1.54, 1.807) is 24.4 Å². The topological polar surface area (TPSA) is 48.0 Å². The molecule has 0 N–H and O–H groups in total. The Morgan fingerprint density at radius 2 is 1.76 bits per heavy atom. The molecule has 0 aliphatic rings. The molecule has 29 heavy (non-hydrogen) atoms. The van der Waals surface area contributed by atoms with Crippen molar-refractivity contribution in [2.24, 2.45) is 0 Å². The van der Waals surface area contributed by atoms with E-state index < -0.39 is 11.6 Å². The first-order valence-electron chi connectivity index (χ1n) is 8.74. The van der Waals surface area contributed by atoms with Crippen LogP contribution in [0.25, 0.3) is 28.3 Å². The molecular formula is C22H15ClF2N2O2. The van der Waals surface area contributed by atoms with Crippen molar-refractivity contribution in [3.8, 4) is 28.3 Å². The van der Waals surface area contributed by atoms with Crippen LogP contribution >= 0.6 is 11.6 Å². The van der Waals surface area contributed by atoms with Gasteiger partial charge in [-0.05, 0) is 55.3 Å². The number of benzene rings is 2. The molecule has 0 amide bonds. The SMILES string of the molecule is Cc1cc(Cl)cc(C)c1-n1cc(-c2ncoc2-c2ccc(F)cc2F)ccc1=O. The second-order valence-corrected chi connectivity index (χ2v) is 7.10. The van der Waals surface area contributed by atoms with Crippen LogP contribution in [0.5, 0.6) is 0 Å². The predicted molar refractivity (Wildman–Crippen MR) is 107 cm³/mol. The molecule has 0 radical (unpaired) electrons. The first kappa shape index (κ1) is 19.1. The smallest absolute Gasteiger partial charge is 0.255 e. The zero-order valence-corrected chi connectivity index (χ0v) is 16.3. The van der Waals surface area contributed by atoms with Gasteiger partial charge in [0.15, 0.2) is 12.2 Å². The van der Waals surface area contributed by atoms with Crippen molar-refractivity contribution in [1.29, 1.82) is 0 Å². The van der Waals surface area contributed by atoms with Crippen LogP contribution in [0.15, 0.2) is 64.3 Å². The van der Waals surface area contributed by atoms with Crippen molar-refractivity contribution >= 4 is 11.6 Å². The normalized spacial score (nSPS) is 11.1. The molecule has 0 saturated heterocycles.